The van der Waals surface area contributed by atoms with E-state index in [1.165, 1.54) is 5.56 Å². The van der Waals surface area contributed by atoms with Crippen LogP contribution in [0.5, 0.6) is 0 Å². The Morgan fingerprint density at radius 1 is 0.696 bits per heavy atom. The first-order chi connectivity index (χ1) is 22.6. The zero-order chi connectivity index (χ0) is 31.8. The molecule has 2 aromatic heterocycles. The fourth-order valence-corrected chi connectivity index (χ4v) is 5.37. The molecular weight excluding hydrogens is 576 g/mol. The molecule has 3 heterocycles. The predicted octanol–water partition coefficient (Wildman–Crippen LogP) is 3.28. The minimum Gasteiger partial charge on any atom is -0.340 e. The van der Waals surface area contributed by atoms with Crippen molar-refractivity contribution in [3.05, 3.63) is 131 Å². The van der Waals surface area contributed by atoms with Crippen LogP contribution in [0.15, 0.2) is 103 Å². The summed E-state index contributed by atoms with van der Waals surface area (Å²) in [4.78, 5) is 37.9. The highest BCUT2D eigenvalue weighted by Gasteiger charge is 2.25. The lowest BCUT2D eigenvalue weighted by Gasteiger charge is -2.35. The predicted molar refractivity (Wildman–Crippen MR) is 179 cm³/mol. The zero-order valence-electron chi connectivity index (χ0n) is 26.3. The average molecular weight is 621 g/mol. The summed E-state index contributed by atoms with van der Waals surface area (Å²) in [5.74, 6) is -0.452. The number of carbonyl (C=O) groups excluding carboxylic acids is 2. The maximum atomic E-state index is 13.5. The number of pyridine rings is 2. The molecule has 10 nitrogen and oxygen atoms in total. The van der Waals surface area contributed by atoms with Crippen molar-refractivity contribution < 1.29 is 9.59 Å². The monoisotopic (exact) mass is 620 g/mol. The van der Waals surface area contributed by atoms with E-state index in [4.69, 9.17) is 0 Å². The van der Waals surface area contributed by atoms with E-state index in [1.807, 2.05) is 71.7 Å². The van der Waals surface area contributed by atoms with Gasteiger partial charge in [0.05, 0.1) is 11.4 Å². The number of aromatic nitrogens is 2. The molecule has 0 spiro atoms. The lowest BCUT2D eigenvalue weighted by atomic mass is 10.1. The fraction of sp³-hybridized carbons (Fsp3) is 0.333. The first-order valence-corrected chi connectivity index (χ1v) is 16.1. The Bertz CT molecular complexity index is 1460. The highest BCUT2D eigenvalue weighted by Crippen LogP contribution is 2.10. The van der Waals surface area contributed by atoms with Crippen molar-refractivity contribution in [3.63, 3.8) is 0 Å². The quantitative estimate of drug-likeness (QED) is 0.141. The Labute approximate surface area is 271 Å². The molecule has 46 heavy (non-hydrogen) atoms. The van der Waals surface area contributed by atoms with Crippen molar-refractivity contribution in [2.75, 3.05) is 32.7 Å². The molecule has 4 aromatic rings. The van der Waals surface area contributed by atoms with Gasteiger partial charge in [0.1, 0.15) is 6.04 Å². The van der Waals surface area contributed by atoms with Gasteiger partial charge in [0.2, 0.25) is 0 Å². The Hall–Kier alpha value is -4.48. The molecule has 2 amide bonds. The second-order valence-corrected chi connectivity index (χ2v) is 11.5. The molecule has 4 N–H and O–H groups in total. The normalized spacial score (nSPS) is 14.4. The number of rotatable bonds is 16. The van der Waals surface area contributed by atoms with Crippen LogP contribution in [-0.2, 0) is 31.0 Å². The van der Waals surface area contributed by atoms with Crippen LogP contribution in [0.2, 0.25) is 0 Å². The van der Waals surface area contributed by atoms with Crippen LogP contribution in [0.1, 0.15) is 45.7 Å². The molecule has 0 radical (unpaired) electrons. The molecule has 1 saturated heterocycles. The number of carbonyl (C=O) groups is 2. The second-order valence-electron chi connectivity index (χ2n) is 11.5. The molecule has 0 bridgehead atoms. The van der Waals surface area contributed by atoms with Gasteiger partial charge in [-0.15, -0.1) is 0 Å². The first kappa shape index (κ1) is 32.9. The van der Waals surface area contributed by atoms with Gasteiger partial charge in [0, 0.05) is 70.3 Å². The van der Waals surface area contributed by atoms with E-state index in [9.17, 15) is 9.59 Å². The largest absolute Gasteiger partial charge is 0.340 e. The lowest BCUT2D eigenvalue weighted by molar-refractivity contribution is -0.129. The van der Waals surface area contributed by atoms with Crippen LogP contribution in [0.4, 0.5) is 0 Å². The number of hydrogen-bond acceptors (Lipinski definition) is 8. The Morgan fingerprint density at radius 2 is 1.35 bits per heavy atom. The van der Waals surface area contributed by atoms with Crippen molar-refractivity contribution in [1.29, 1.82) is 0 Å². The van der Waals surface area contributed by atoms with E-state index in [2.05, 4.69) is 60.5 Å². The summed E-state index contributed by atoms with van der Waals surface area (Å²) in [5.41, 5.74) is 7.89. The van der Waals surface area contributed by atoms with E-state index in [0.29, 0.717) is 38.2 Å². The van der Waals surface area contributed by atoms with E-state index in [0.717, 1.165) is 56.1 Å². The summed E-state index contributed by atoms with van der Waals surface area (Å²) in [5, 5.41) is 11.7. The van der Waals surface area contributed by atoms with Crippen molar-refractivity contribution in [2.24, 2.45) is 0 Å². The van der Waals surface area contributed by atoms with E-state index < -0.39 is 6.04 Å². The summed E-state index contributed by atoms with van der Waals surface area (Å²) in [7, 11) is 0. The highest BCUT2D eigenvalue weighted by molar-refractivity contribution is 5.97. The summed E-state index contributed by atoms with van der Waals surface area (Å²) < 4.78 is 0. The summed E-state index contributed by atoms with van der Waals surface area (Å²) in [6.07, 6.45) is 4.79. The maximum absolute atomic E-state index is 13.5. The fourth-order valence-electron chi connectivity index (χ4n) is 5.37. The molecule has 1 aliphatic heterocycles. The number of hydrazine groups is 1. The number of amides is 2. The molecule has 1 aliphatic rings. The van der Waals surface area contributed by atoms with Gasteiger partial charge in [-0.3, -0.25) is 29.9 Å². The molecule has 10 heteroatoms. The zero-order valence-corrected chi connectivity index (χ0v) is 26.3. The van der Waals surface area contributed by atoms with E-state index in [-0.39, 0.29) is 11.8 Å². The number of hydrogen-bond donors (Lipinski definition) is 4. The van der Waals surface area contributed by atoms with Crippen LogP contribution in [-0.4, -0.2) is 70.5 Å². The van der Waals surface area contributed by atoms with Crippen LogP contribution < -0.4 is 21.4 Å². The van der Waals surface area contributed by atoms with Crippen molar-refractivity contribution >= 4 is 11.8 Å². The molecule has 1 atom stereocenters. The molecular formula is C36H44N8O2. The van der Waals surface area contributed by atoms with Gasteiger partial charge in [-0.25, -0.2) is 5.01 Å². The molecule has 2 aromatic carbocycles. The number of nitrogens with zero attached hydrogens (tertiary/aromatic N) is 4. The molecule has 5 rings (SSSR count). The van der Waals surface area contributed by atoms with Gasteiger partial charge in [-0.2, -0.15) is 0 Å². The summed E-state index contributed by atoms with van der Waals surface area (Å²) in [6, 6.07) is 28.9. The maximum Gasteiger partial charge on any atom is 0.256 e. The Morgan fingerprint density at radius 3 is 2.00 bits per heavy atom. The van der Waals surface area contributed by atoms with Gasteiger partial charge in [-0.1, -0.05) is 54.6 Å². The minimum absolute atomic E-state index is 0.190. The van der Waals surface area contributed by atoms with E-state index >= 15 is 0 Å². The first-order valence-electron chi connectivity index (χ1n) is 16.1. The van der Waals surface area contributed by atoms with Gasteiger partial charge < -0.3 is 16.0 Å². The van der Waals surface area contributed by atoms with Gasteiger partial charge >= 0.3 is 0 Å². The molecule has 1 fully saturated rings. The average Bonchev–Trinajstić information content (AvgIpc) is 3.10. The summed E-state index contributed by atoms with van der Waals surface area (Å²) >= 11 is 0. The molecule has 0 saturated carbocycles. The van der Waals surface area contributed by atoms with Crippen LogP contribution in [0, 0.1) is 0 Å². The third kappa shape index (κ3) is 10.8. The van der Waals surface area contributed by atoms with Gasteiger partial charge in [0.15, 0.2) is 0 Å². The second kappa shape index (κ2) is 17.9. The highest BCUT2D eigenvalue weighted by atomic mass is 16.2. The van der Waals surface area contributed by atoms with Crippen molar-refractivity contribution in [3.8, 4) is 0 Å². The number of nitrogens with one attached hydrogen (secondary N) is 4. The third-order valence-corrected chi connectivity index (χ3v) is 7.97. The Balaban J connectivity index is 1.11. The minimum atomic E-state index is -0.661. The van der Waals surface area contributed by atoms with Crippen LogP contribution in [0.25, 0.3) is 0 Å². The number of benzene rings is 2. The molecule has 0 aliphatic carbocycles. The van der Waals surface area contributed by atoms with Crippen molar-refractivity contribution in [1.82, 2.24) is 41.3 Å². The molecule has 240 valence electrons. The third-order valence-electron chi connectivity index (χ3n) is 7.97. The number of piperazine rings is 1. The Kier molecular flexibility index (Phi) is 12.8. The summed E-state index contributed by atoms with van der Waals surface area (Å²) in [6.45, 7) is 6.73. The van der Waals surface area contributed by atoms with Gasteiger partial charge in [0.25, 0.3) is 11.8 Å². The standard InChI is InChI=1S/C36H44N8O2/c45-35(31-16-14-29(15-17-31)25-38-27-33-12-5-7-20-40-33)41-34(13-8-18-37-26-32-11-4-6-19-39-32)36(46)42-44-23-21-43(22-24-44)28-30-9-2-1-3-10-30/h1-7,9-12,14-17,19-20,34,37-38H,8,13,18,21-28H2,(H,41,45)(H,42,46)/t34-/m0/s1. The smallest absolute Gasteiger partial charge is 0.256 e. The van der Waals surface area contributed by atoms with Crippen LogP contribution >= 0.6 is 0 Å². The van der Waals surface area contributed by atoms with E-state index in [1.54, 1.807) is 12.4 Å². The topological polar surface area (TPSA) is 115 Å². The lowest BCUT2D eigenvalue weighted by Crippen LogP contribution is -2.57. The van der Waals surface area contributed by atoms with Gasteiger partial charge in [-0.05, 0) is 66.9 Å². The van der Waals surface area contributed by atoms with Crippen molar-refractivity contribution in [2.45, 2.75) is 45.1 Å². The SMILES string of the molecule is O=C(N[C@@H](CCCNCc1ccccn1)C(=O)NN1CCN(Cc2ccccc2)CC1)c1ccc(CNCc2ccccn2)cc1. The van der Waals surface area contributed by atoms with Crippen LogP contribution in [0.3, 0.4) is 0 Å². The molecule has 0 unspecified atom stereocenters.